The summed E-state index contributed by atoms with van der Waals surface area (Å²) in [6.45, 7) is 8.38. The molecule has 0 spiro atoms. The summed E-state index contributed by atoms with van der Waals surface area (Å²) < 4.78 is 28.4. The van der Waals surface area contributed by atoms with E-state index in [0.29, 0.717) is 24.0 Å². The van der Waals surface area contributed by atoms with Gasteiger partial charge in [0.05, 0.1) is 23.6 Å². The number of aryl methyl sites for hydroxylation is 1. The van der Waals surface area contributed by atoms with Crippen LogP contribution in [0.15, 0.2) is 48.0 Å². The summed E-state index contributed by atoms with van der Waals surface area (Å²) >= 11 is 6.41. The van der Waals surface area contributed by atoms with Gasteiger partial charge in [-0.25, -0.2) is 4.21 Å². The molecule has 0 radical (unpaired) electrons. The topological polar surface area (TPSA) is 67.9 Å². The number of nitrogens with one attached hydrogen (secondary N) is 1. The first-order valence-electron chi connectivity index (χ1n) is 15.0. The summed E-state index contributed by atoms with van der Waals surface area (Å²) in [7, 11) is 0.321. The van der Waals surface area contributed by atoms with Gasteiger partial charge < -0.3 is 14.4 Å². The average molecular weight is 599 g/mol. The standard InChI is InChI=1S/C33H43ClN2O4S/c1-5-7-23-16-27(34)12-14-28(23)26-19-36-18-25-10-13-29(25)32(39-4)22(6-2)9-8-21(3)41(38)35-33(37)24-11-15-31(40-20-26)30(36)17-24/h6,11-12,14-17,21,25-26,29,32H,5,7-10,13,18-20H2,1-4H3,(H,35,37)/b22-6+. The van der Waals surface area contributed by atoms with Crippen molar-refractivity contribution in [1.82, 2.24) is 4.72 Å². The lowest BCUT2D eigenvalue weighted by molar-refractivity contribution is 0.00455. The van der Waals surface area contributed by atoms with E-state index in [1.807, 2.05) is 32.2 Å². The minimum absolute atomic E-state index is 0.0383. The number of fused-ring (bicyclic) bond motifs is 2. The Hall–Kier alpha value is -2.35. The first kappa shape index (κ1) is 30.1. The van der Waals surface area contributed by atoms with Crippen molar-refractivity contribution in [3.63, 3.8) is 0 Å². The lowest BCUT2D eigenvalue weighted by atomic mass is 9.68. The van der Waals surface area contributed by atoms with Gasteiger partial charge in [-0.1, -0.05) is 37.1 Å². The van der Waals surface area contributed by atoms with Crippen molar-refractivity contribution in [1.29, 1.82) is 0 Å². The van der Waals surface area contributed by atoms with E-state index in [9.17, 15) is 9.00 Å². The molecule has 8 heteroatoms. The van der Waals surface area contributed by atoms with Crippen molar-refractivity contribution >= 4 is 34.2 Å². The van der Waals surface area contributed by atoms with E-state index in [0.717, 1.165) is 68.1 Å². The first-order chi connectivity index (χ1) is 19.8. The maximum atomic E-state index is 13.3. The Balaban J connectivity index is 1.55. The van der Waals surface area contributed by atoms with Crippen LogP contribution in [0.25, 0.3) is 0 Å². The van der Waals surface area contributed by atoms with E-state index in [2.05, 4.69) is 41.7 Å². The molecule has 41 heavy (non-hydrogen) atoms. The van der Waals surface area contributed by atoms with E-state index >= 15 is 0 Å². The number of hydrogen-bond donors (Lipinski definition) is 1. The second-order valence-electron chi connectivity index (χ2n) is 11.8. The van der Waals surface area contributed by atoms with E-state index in [1.54, 1.807) is 6.07 Å². The number of allylic oxidation sites excluding steroid dienone is 1. The fourth-order valence-corrected chi connectivity index (χ4v) is 7.77. The molecule has 1 saturated carbocycles. The molecule has 1 fully saturated rings. The van der Waals surface area contributed by atoms with E-state index in [1.165, 1.54) is 16.7 Å². The third kappa shape index (κ3) is 6.52. The number of rotatable bonds is 4. The fourth-order valence-electron chi connectivity index (χ4n) is 6.74. The summed E-state index contributed by atoms with van der Waals surface area (Å²) in [5, 5.41) is 0.584. The third-order valence-corrected chi connectivity index (χ3v) is 10.8. The molecule has 3 aliphatic rings. The zero-order valence-corrected chi connectivity index (χ0v) is 26.2. The van der Waals surface area contributed by atoms with E-state index < -0.39 is 11.0 Å². The van der Waals surface area contributed by atoms with Gasteiger partial charge in [0.25, 0.3) is 5.91 Å². The number of benzene rings is 2. The van der Waals surface area contributed by atoms with Crippen LogP contribution in [-0.2, 0) is 22.1 Å². The summed E-state index contributed by atoms with van der Waals surface area (Å²) in [5.41, 5.74) is 5.23. The van der Waals surface area contributed by atoms with Gasteiger partial charge in [0, 0.05) is 36.7 Å². The zero-order chi connectivity index (χ0) is 29.1. The molecule has 2 aliphatic heterocycles. The van der Waals surface area contributed by atoms with Crippen LogP contribution in [0.5, 0.6) is 5.75 Å². The predicted octanol–water partition coefficient (Wildman–Crippen LogP) is 6.84. The van der Waals surface area contributed by atoms with Crippen molar-refractivity contribution in [3.05, 3.63) is 69.8 Å². The molecule has 5 rings (SSSR count). The van der Waals surface area contributed by atoms with Crippen LogP contribution in [0, 0.1) is 11.8 Å². The smallest absolute Gasteiger partial charge is 0.263 e. The van der Waals surface area contributed by atoms with Crippen LogP contribution >= 0.6 is 11.6 Å². The number of carbonyl (C=O) groups is 1. The predicted molar refractivity (Wildman–Crippen MR) is 167 cm³/mol. The van der Waals surface area contributed by atoms with E-state index in [4.69, 9.17) is 21.1 Å². The SMILES string of the molecule is C/C=C1\CCC(C)S(=O)NC(=O)c2ccc3c(c2)N(CC(c2ccc(Cl)cc2CCC)CO3)CC2CCC2C1OC. The number of carbonyl (C=O) groups excluding carboxylic acids is 1. The molecular weight excluding hydrogens is 556 g/mol. The summed E-state index contributed by atoms with van der Waals surface area (Å²) in [6, 6.07) is 11.8. The highest BCUT2D eigenvalue weighted by molar-refractivity contribution is 7.84. The minimum Gasteiger partial charge on any atom is -0.491 e. The lowest BCUT2D eigenvalue weighted by Crippen LogP contribution is -2.45. The van der Waals surface area contributed by atoms with Crippen molar-refractivity contribution in [2.45, 2.75) is 76.6 Å². The molecule has 6 atom stereocenters. The number of amides is 1. The summed E-state index contributed by atoms with van der Waals surface area (Å²) in [6.07, 6.45) is 8.00. The zero-order valence-electron chi connectivity index (χ0n) is 24.7. The molecule has 1 aliphatic carbocycles. The molecule has 2 aromatic rings. The number of methoxy groups -OCH3 is 1. The maximum Gasteiger partial charge on any atom is 0.263 e. The first-order valence-corrected chi connectivity index (χ1v) is 16.6. The summed E-state index contributed by atoms with van der Waals surface area (Å²) in [4.78, 5) is 15.7. The fraction of sp³-hybridized carbons (Fsp3) is 0.545. The van der Waals surface area contributed by atoms with Crippen molar-refractivity contribution in [2.75, 3.05) is 31.7 Å². The number of ether oxygens (including phenoxy) is 2. The highest BCUT2D eigenvalue weighted by atomic mass is 35.5. The van der Waals surface area contributed by atoms with Gasteiger partial charge in [-0.05, 0) is 105 Å². The Morgan fingerprint density at radius 3 is 2.71 bits per heavy atom. The number of anilines is 1. The van der Waals surface area contributed by atoms with Gasteiger partial charge >= 0.3 is 0 Å². The molecule has 1 amide bonds. The number of hydrogen-bond acceptors (Lipinski definition) is 5. The highest BCUT2D eigenvalue weighted by Gasteiger charge is 2.41. The molecule has 6 unspecified atom stereocenters. The Bertz CT molecular complexity index is 1310. The highest BCUT2D eigenvalue weighted by Crippen LogP contribution is 2.44. The maximum absolute atomic E-state index is 13.3. The minimum atomic E-state index is -1.49. The average Bonchev–Trinajstić information content (AvgIpc) is 3.13. The van der Waals surface area contributed by atoms with Crippen LogP contribution in [0.4, 0.5) is 5.69 Å². The van der Waals surface area contributed by atoms with Crippen molar-refractivity contribution in [3.8, 4) is 5.75 Å². The quantitative estimate of drug-likeness (QED) is 0.390. The Morgan fingerprint density at radius 1 is 1.17 bits per heavy atom. The second kappa shape index (κ2) is 13.3. The largest absolute Gasteiger partial charge is 0.491 e. The van der Waals surface area contributed by atoms with Crippen molar-refractivity contribution in [2.24, 2.45) is 11.8 Å². The molecule has 0 aromatic heterocycles. The number of halogens is 1. The van der Waals surface area contributed by atoms with Crippen LogP contribution in [-0.4, -0.2) is 48.3 Å². The Kier molecular flexibility index (Phi) is 9.77. The Labute approximate surface area is 252 Å². The van der Waals surface area contributed by atoms with Crippen LogP contribution in [0.2, 0.25) is 5.02 Å². The van der Waals surface area contributed by atoms with Gasteiger partial charge in [-0.15, -0.1) is 0 Å². The molecule has 6 nitrogen and oxygen atoms in total. The molecule has 2 heterocycles. The molecular formula is C33H43ClN2O4S. The normalized spacial score (nSPS) is 29.7. The number of nitrogens with zero attached hydrogens (tertiary/aromatic N) is 1. The Morgan fingerprint density at radius 2 is 2.00 bits per heavy atom. The molecule has 2 aromatic carbocycles. The van der Waals surface area contributed by atoms with Crippen LogP contribution in [0.3, 0.4) is 0 Å². The van der Waals surface area contributed by atoms with Gasteiger partial charge in [0.1, 0.15) is 16.7 Å². The molecule has 222 valence electrons. The van der Waals surface area contributed by atoms with Gasteiger partial charge in [0.15, 0.2) is 0 Å². The molecule has 1 N–H and O–H groups in total. The van der Waals surface area contributed by atoms with Crippen LogP contribution in [0.1, 0.15) is 80.3 Å². The molecule has 0 saturated heterocycles. The third-order valence-electron chi connectivity index (χ3n) is 9.22. The van der Waals surface area contributed by atoms with Crippen molar-refractivity contribution < 1.29 is 18.5 Å². The monoisotopic (exact) mass is 598 g/mol. The van der Waals surface area contributed by atoms with Gasteiger partial charge in [-0.2, -0.15) is 0 Å². The second-order valence-corrected chi connectivity index (χ2v) is 13.8. The van der Waals surface area contributed by atoms with Gasteiger partial charge in [0.2, 0.25) is 0 Å². The lowest BCUT2D eigenvalue weighted by Gasteiger charge is -2.45. The van der Waals surface area contributed by atoms with E-state index in [-0.39, 0.29) is 23.2 Å². The van der Waals surface area contributed by atoms with Crippen LogP contribution < -0.4 is 14.4 Å². The molecule has 2 bridgehead atoms. The summed E-state index contributed by atoms with van der Waals surface area (Å²) in [5.74, 6) is 1.48. The van der Waals surface area contributed by atoms with Gasteiger partial charge in [-0.3, -0.25) is 9.52 Å².